The molecule has 2 aliphatic rings. The van der Waals surface area contributed by atoms with E-state index in [9.17, 15) is 18.0 Å². The fourth-order valence-corrected chi connectivity index (χ4v) is 5.93. The Bertz CT molecular complexity index is 1070. The third-order valence-corrected chi connectivity index (χ3v) is 7.40. The second-order valence-electron chi connectivity index (χ2n) is 6.74. The number of thiazole rings is 1. The van der Waals surface area contributed by atoms with Crippen LogP contribution in [0.15, 0.2) is 23.3 Å². The molecule has 142 valence electrons. The minimum atomic E-state index is -3.15. The van der Waals surface area contributed by atoms with Gasteiger partial charge in [0.2, 0.25) is 5.91 Å². The number of benzene rings is 1. The molecule has 0 aliphatic carbocycles. The molecule has 1 saturated heterocycles. The minimum Gasteiger partial charge on any atom is -0.297 e. The van der Waals surface area contributed by atoms with Crippen LogP contribution in [0, 0.1) is 6.92 Å². The molecule has 0 bridgehead atoms. The highest BCUT2D eigenvalue weighted by atomic mass is 32.2. The Kier molecular flexibility index (Phi) is 4.47. The lowest BCUT2D eigenvalue weighted by Gasteiger charge is -2.27. The van der Waals surface area contributed by atoms with Crippen LogP contribution >= 0.6 is 11.3 Å². The van der Waals surface area contributed by atoms with E-state index in [0.29, 0.717) is 11.6 Å². The quantitative estimate of drug-likeness (QED) is 0.835. The summed E-state index contributed by atoms with van der Waals surface area (Å²) in [6.07, 6.45) is 0.718. The van der Waals surface area contributed by atoms with Crippen LogP contribution < -0.4 is 5.32 Å². The molecule has 10 heteroatoms. The van der Waals surface area contributed by atoms with Gasteiger partial charge in [-0.1, -0.05) is 23.5 Å². The van der Waals surface area contributed by atoms with Gasteiger partial charge in [0.15, 0.2) is 15.0 Å². The molecular weight excluding hydrogens is 388 g/mol. The molecule has 8 nitrogen and oxygen atoms in total. The highest BCUT2D eigenvalue weighted by Gasteiger charge is 2.37. The van der Waals surface area contributed by atoms with Crippen molar-refractivity contribution in [2.75, 3.05) is 16.8 Å². The number of nitrogens with zero attached hydrogens (tertiary/aromatic N) is 3. The molecule has 4 rings (SSSR count). The van der Waals surface area contributed by atoms with E-state index in [2.05, 4.69) is 15.4 Å². The second-order valence-corrected chi connectivity index (χ2v) is 10.00. The Morgan fingerprint density at radius 1 is 1.33 bits per heavy atom. The normalized spacial score (nSPS) is 22.1. The first-order valence-electron chi connectivity index (χ1n) is 8.60. The molecule has 27 heavy (non-hydrogen) atoms. The van der Waals surface area contributed by atoms with Gasteiger partial charge in [-0.15, -0.1) is 0 Å². The SMILES string of the molecule is Cc1cccc2sc(NC(=O)C3=NN(C4CCS(=O)(=O)C4)C(=O)CC3)nc12. The number of aromatic nitrogens is 1. The molecule has 2 amide bonds. The molecule has 1 unspecified atom stereocenters. The standard InChI is InChI=1S/C17H18N4O4S2/c1-10-3-2-4-13-15(10)18-17(26-13)19-16(23)12-5-6-14(22)21(20-12)11-7-8-27(24,25)9-11/h2-4,11H,5-9H2,1H3,(H,18,19,23). The van der Waals surface area contributed by atoms with E-state index in [4.69, 9.17) is 0 Å². The van der Waals surface area contributed by atoms with Gasteiger partial charge in [-0.25, -0.2) is 18.4 Å². The number of para-hydroxylation sites is 1. The number of amides is 2. The average molecular weight is 406 g/mol. The lowest BCUT2D eigenvalue weighted by molar-refractivity contribution is -0.133. The molecule has 3 heterocycles. The number of sulfone groups is 1. The third-order valence-electron chi connectivity index (χ3n) is 4.72. The topological polar surface area (TPSA) is 109 Å². The van der Waals surface area contributed by atoms with Crippen molar-refractivity contribution in [2.45, 2.75) is 32.2 Å². The van der Waals surface area contributed by atoms with Crippen LogP contribution in [0.1, 0.15) is 24.8 Å². The maximum Gasteiger partial charge on any atom is 0.273 e. The molecule has 1 N–H and O–H groups in total. The summed E-state index contributed by atoms with van der Waals surface area (Å²) < 4.78 is 24.3. The van der Waals surface area contributed by atoms with Gasteiger partial charge < -0.3 is 0 Å². The van der Waals surface area contributed by atoms with Crippen molar-refractivity contribution in [1.82, 2.24) is 9.99 Å². The van der Waals surface area contributed by atoms with E-state index in [1.165, 1.54) is 16.3 Å². The molecular formula is C17H18N4O4S2. The number of carbonyl (C=O) groups excluding carboxylic acids is 2. The van der Waals surface area contributed by atoms with Gasteiger partial charge >= 0.3 is 0 Å². The van der Waals surface area contributed by atoms with Crippen LogP contribution in [0.5, 0.6) is 0 Å². The molecule has 0 spiro atoms. The number of nitrogens with one attached hydrogen (secondary N) is 1. The smallest absolute Gasteiger partial charge is 0.273 e. The van der Waals surface area contributed by atoms with Gasteiger partial charge in [0.05, 0.1) is 27.8 Å². The van der Waals surface area contributed by atoms with E-state index in [1.54, 1.807) is 0 Å². The van der Waals surface area contributed by atoms with Gasteiger partial charge in [-0.3, -0.25) is 14.9 Å². The van der Waals surface area contributed by atoms with Crippen molar-refractivity contribution in [3.8, 4) is 0 Å². The van der Waals surface area contributed by atoms with E-state index < -0.39 is 21.8 Å². The summed E-state index contributed by atoms with van der Waals surface area (Å²) >= 11 is 1.37. The first kappa shape index (κ1) is 18.1. The Balaban J connectivity index is 1.54. The molecule has 1 aromatic heterocycles. The molecule has 1 aromatic carbocycles. The number of hydrogen-bond acceptors (Lipinski definition) is 7. The Hall–Kier alpha value is -2.33. The highest BCUT2D eigenvalue weighted by Crippen LogP contribution is 2.28. The maximum atomic E-state index is 12.6. The Morgan fingerprint density at radius 2 is 2.15 bits per heavy atom. The summed E-state index contributed by atoms with van der Waals surface area (Å²) in [5, 5.41) is 8.59. The van der Waals surface area contributed by atoms with Gasteiger partial charge in [-0.2, -0.15) is 5.10 Å². The van der Waals surface area contributed by atoms with Gasteiger partial charge in [0.25, 0.3) is 5.91 Å². The predicted molar refractivity (Wildman–Crippen MR) is 104 cm³/mol. The van der Waals surface area contributed by atoms with Crippen molar-refractivity contribution >= 4 is 54.0 Å². The van der Waals surface area contributed by atoms with Crippen LogP contribution in [0.3, 0.4) is 0 Å². The average Bonchev–Trinajstić information content (AvgIpc) is 3.18. The van der Waals surface area contributed by atoms with Gasteiger partial charge in [-0.05, 0) is 25.0 Å². The predicted octanol–water partition coefficient (Wildman–Crippen LogP) is 1.71. The Morgan fingerprint density at radius 3 is 2.85 bits per heavy atom. The first-order valence-corrected chi connectivity index (χ1v) is 11.2. The van der Waals surface area contributed by atoms with Crippen molar-refractivity contribution in [1.29, 1.82) is 0 Å². The van der Waals surface area contributed by atoms with Crippen LogP contribution in [-0.2, 0) is 19.4 Å². The van der Waals surface area contributed by atoms with Crippen LogP contribution in [0.4, 0.5) is 5.13 Å². The number of anilines is 1. The lowest BCUT2D eigenvalue weighted by Crippen LogP contribution is -2.42. The summed E-state index contributed by atoms with van der Waals surface area (Å²) in [7, 11) is -3.15. The first-order chi connectivity index (χ1) is 12.8. The molecule has 2 aliphatic heterocycles. The molecule has 1 fully saturated rings. The number of fused-ring (bicyclic) bond motifs is 1. The van der Waals surface area contributed by atoms with Crippen molar-refractivity contribution < 1.29 is 18.0 Å². The summed E-state index contributed by atoms with van der Waals surface area (Å²) in [5.41, 5.74) is 2.09. The van der Waals surface area contributed by atoms with Crippen LogP contribution in [0.2, 0.25) is 0 Å². The zero-order valence-corrected chi connectivity index (χ0v) is 16.3. The largest absolute Gasteiger partial charge is 0.297 e. The van der Waals surface area contributed by atoms with Crippen LogP contribution in [-0.4, -0.2) is 53.5 Å². The fourth-order valence-electron chi connectivity index (χ4n) is 3.30. The maximum absolute atomic E-state index is 12.6. The molecule has 0 saturated carbocycles. The fraction of sp³-hybridized carbons (Fsp3) is 0.412. The zero-order valence-electron chi connectivity index (χ0n) is 14.6. The molecule has 1 atom stereocenters. The summed E-state index contributed by atoms with van der Waals surface area (Å²) in [4.78, 5) is 29.2. The third kappa shape index (κ3) is 3.59. The van der Waals surface area contributed by atoms with Gasteiger partial charge in [0, 0.05) is 12.8 Å². The van der Waals surface area contributed by atoms with Crippen molar-refractivity contribution in [2.24, 2.45) is 5.10 Å². The summed E-state index contributed by atoms with van der Waals surface area (Å²) in [5.74, 6) is -0.716. The number of hydrogen-bond donors (Lipinski definition) is 1. The monoisotopic (exact) mass is 406 g/mol. The van der Waals surface area contributed by atoms with Gasteiger partial charge in [0.1, 0.15) is 5.71 Å². The number of rotatable bonds is 3. The van der Waals surface area contributed by atoms with E-state index in [0.717, 1.165) is 15.8 Å². The van der Waals surface area contributed by atoms with E-state index in [1.807, 2.05) is 25.1 Å². The van der Waals surface area contributed by atoms with Crippen LogP contribution in [0.25, 0.3) is 10.2 Å². The van der Waals surface area contributed by atoms with Crippen molar-refractivity contribution in [3.63, 3.8) is 0 Å². The lowest BCUT2D eigenvalue weighted by atomic mass is 10.1. The summed E-state index contributed by atoms with van der Waals surface area (Å²) in [6, 6.07) is 5.34. The highest BCUT2D eigenvalue weighted by molar-refractivity contribution is 7.91. The van der Waals surface area contributed by atoms with E-state index in [-0.39, 0.29) is 36.0 Å². The minimum absolute atomic E-state index is 0.0452. The van der Waals surface area contributed by atoms with E-state index >= 15 is 0 Å². The number of carbonyl (C=O) groups is 2. The zero-order chi connectivity index (χ0) is 19.2. The Labute approximate surface area is 160 Å². The summed E-state index contributed by atoms with van der Waals surface area (Å²) in [6.45, 7) is 1.96. The molecule has 0 radical (unpaired) electrons. The molecule has 2 aromatic rings. The number of aryl methyl sites for hydroxylation is 1. The number of hydrazone groups is 1. The second kappa shape index (κ2) is 6.68. The van der Waals surface area contributed by atoms with Crippen molar-refractivity contribution in [3.05, 3.63) is 23.8 Å².